The van der Waals surface area contributed by atoms with E-state index in [0.29, 0.717) is 11.0 Å². The molecule has 0 aliphatic rings. The van der Waals surface area contributed by atoms with Gasteiger partial charge in [-0.2, -0.15) is 0 Å². The van der Waals surface area contributed by atoms with Gasteiger partial charge >= 0.3 is 0 Å². The van der Waals surface area contributed by atoms with Gasteiger partial charge in [0.1, 0.15) is 11.0 Å². The maximum Gasteiger partial charge on any atom is 0.256 e. The standard InChI is InChI=1S/C26H22N3O2PS2/c30-34(31,29-25-19-11-10-18-24(25)27-28-29)20-26(21-12-4-1-5-13-21)32(33,22-14-6-2-7-15-22)23-16-8-3-9-17-23/h1-19,26H,20H2/t26-/m0/s1. The lowest BCUT2D eigenvalue weighted by molar-refractivity contribution is 0.578. The highest BCUT2D eigenvalue weighted by molar-refractivity contribution is 8.22. The molecule has 5 aromatic rings. The molecule has 0 radical (unpaired) electrons. The Morgan fingerprint density at radius 1 is 0.735 bits per heavy atom. The summed E-state index contributed by atoms with van der Waals surface area (Å²) >= 11 is 6.53. The van der Waals surface area contributed by atoms with Crippen LogP contribution in [0, 0.1) is 0 Å². The first-order valence-electron chi connectivity index (χ1n) is 10.8. The summed E-state index contributed by atoms with van der Waals surface area (Å²) < 4.78 is 28.7. The Hall–Kier alpha value is -3.12. The Labute approximate surface area is 204 Å². The van der Waals surface area contributed by atoms with E-state index in [-0.39, 0.29) is 5.75 Å². The summed E-state index contributed by atoms with van der Waals surface area (Å²) in [5.41, 5.74) is 1.43. The third kappa shape index (κ3) is 4.11. The Morgan fingerprint density at radius 2 is 1.24 bits per heavy atom. The van der Waals surface area contributed by atoms with E-state index in [0.717, 1.165) is 20.3 Å². The van der Waals surface area contributed by atoms with Crippen LogP contribution in [0.25, 0.3) is 11.0 Å². The van der Waals surface area contributed by atoms with Crippen molar-refractivity contribution in [2.24, 2.45) is 0 Å². The van der Waals surface area contributed by atoms with Gasteiger partial charge in [-0.05, 0) is 28.3 Å². The van der Waals surface area contributed by atoms with Gasteiger partial charge in [-0.15, -0.1) is 9.19 Å². The summed E-state index contributed by atoms with van der Waals surface area (Å²) in [4.78, 5) is 0. The van der Waals surface area contributed by atoms with Crippen LogP contribution in [0.15, 0.2) is 115 Å². The maximum absolute atomic E-state index is 13.8. The minimum atomic E-state index is -3.89. The number of benzene rings is 4. The molecule has 5 nitrogen and oxygen atoms in total. The first kappa shape index (κ1) is 22.7. The van der Waals surface area contributed by atoms with E-state index in [9.17, 15) is 8.42 Å². The average Bonchev–Trinajstić information content (AvgIpc) is 3.34. The van der Waals surface area contributed by atoms with Gasteiger partial charge in [0.2, 0.25) is 0 Å². The molecule has 0 saturated heterocycles. The zero-order chi connectivity index (χ0) is 23.6. The molecular weight excluding hydrogens is 481 g/mol. The predicted molar refractivity (Wildman–Crippen MR) is 142 cm³/mol. The van der Waals surface area contributed by atoms with Crippen molar-refractivity contribution in [3.05, 3.63) is 121 Å². The average molecular weight is 504 g/mol. The number of rotatable bonds is 7. The molecule has 34 heavy (non-hydrogen) atoms. The van der Waals surface area contributed by atoms with Crippen molar-refractivity contribution in [1.82, 2.24) is 14.4 Å². The molecule has 8 heteroatoms. The number of para-hydroxylation sites is 1. The van der Waals surface area contributed by atoms with Crippen molar-refractivity contribution in [3.8, 4) is 0 Å². The molecular formula is C26H22N3O2PS2. The van der Waals surface area contributed by atoms with Crippen molar-refractivity contribution in [2.45, 2.75) is 5.66 Å². The number of nitrogens with zero attached hydrogens (tertiary/aromatic N) is 3. The Kier molecular flexibility index (Phi) is 6.17. The molecule has 0 bridgehead atoms. The van der Waals surface area contributed by atoms with Crippen LogP contribution in [0.3, 0.4) is 0 Å². The second-order valence-corrected chi connectivity index (χ2v) is 14.5. The number of hydrogen-bond acceptors (Lipinski definition) is 5. The number of fused-ring (bicyclic) bond motifs is 1. The second kappa shape index (κ2) is 9.26. The molecule has 0 unspecified atom stereocenters. The van der Waals surface area contributed by atoms with Crippen molar-refractivity contribution in [3.63, 3.8) is 0 Å². The summed E-state index contributed by atoms with van der Waals surface area (Å²) in [6.45, 7) is 0. The van der Waals surface area contributed by atoms with Crippen LogP contribution < -0.4 is 10.6 Å². The highest BCUT2D eigenvalue weighted by Gasteiger charge is 2.37. The molecule has 5 rings (SSSR count). The van der Waals surface area contributed by atoms with Gasteiger partial charge in [0.25, 0.3) is 10.0 Å². The smallest absolute Gasteiger partial charge is 0.205 e. The van der Waals surface area contributed by atoms with Gasteiger partial charge in [0.15, 0.2) is 0 Å². The molecule has 0 aliphatic heterocycles. The lowest BCUT2D eigenvalue weighted by Crippen LogP contribution is -2.28. The Balaban J connectivity index is 1.72. The molecule has 0 N–H and O–H groups in total. The molecule has 0 fully saturated rings. The zero-order valence-electron chi connectivity index (χ0n) is 18.2. The third-order valence-corrected chi connectivity index (χ3v) is 13.2. The summed E-state index contributed by atoms with van der Waals surface area (Å²) in [6.07, 6.45) is 0. The molecule has 1 heterocycles. The summed E-state index contributed by atoms with van der Waals surface area (Å²) in [5, 5.41) is 10.0. The Morgan fingerprint density at radius 3 is 1.82 bits per heavy atom. The van der Waals surface area contributed by atoms with E-state index in [1.165, 1.54) is 0 Å². The monoisotopic (exact) mass is 503 g/mol. The first-order chi connectivity index (χ1) is 16.5. The second-order valence-electron chi connectivity index (χ2n) is 7.96. The zero-order valence-corrected chi connectivity index (χ0v) is 20.7. The fourth-order valence-electron chi connectivity index (χ4n) is 4.22. The van der Waals surface area contributed by atoms with Gasteiger partial charge in [-0.25, -0.2) is 8.42 Å². The molecule has 1 aromatic heterocycles. The van der Waals surface area contributed by atoms with E-state index >= 15 is 0 Å². The van der Waals surface area contributed by atoms with Crippen LogP contribution in [0.1, 0.15) is 11.2 Å². The van der Waals surface area contributed by atoms with E-state index < -0.39 is 21.7 Å². The fraction of sp³-hybridized carbons (Fsp3) is 0.0769. The van der Waals surface area contributed by atoms with Crippen LogP contribution in [0.5, 0.6) is 0 Å². The fourth-order valence-corrected chi connectivity index (χ4v) is 11.4. The quantitative estimate of drug-likeness (QED) is 0.307. The molecule has 4 aromatic carbocycles. The minimum absolute atomic E-state index is 0.189. The Bertz CT molecular complexity index is 1530. The van der Waals surface area contributed by atoms with E-state index in [2.05, 4.69) is 10.3 Å². The largest absolute Gasteiger partial charge is 0.256 e. The van der Waals surface area contributed by atoms with Gasteiger partial charge in [0.05, 0.1) is 5.75 Å². The minimum Gasteiger partial charge on any atom is -0.205 e. The van der Waals surface area contributed by atoms with Crippen LogP contribution >= 0.6 is 6.04 Å². The third-order valence-electron chi connectivity index (χ3n) is 5.86. The highest BCUT2D eigenvalue weighted by Crippen LogP contribution is 2.58. The summed E-state index contributed by atoms with van der Waals surface area (Å²) in [6, 6.07) is 33.9. The number of hydrogen-bond donors (Lipinski definition) is 0. The lowest BCUT2D eigenvalue weighted by Gasteiger charge is -2.32. The van der Waals surface area contributed by atoms with Gasteiger partial charge in [-0.1, -0.05) is 120 Å². The molecule has 0 amide bonds. The van der Waals surface area contributed by atoms with E-state index in [1.54, 1.807) is 18.2 Å². The summed E-state index contributed by atoms with van der Waals surface area (Å²) in [5.74, 6) is -0.189. The normalized spacial score (nSPS) is 13.1. The topological polar surface area (TPSA) is 64.8 Å². The van der Waals surface area contributed by atoms with Gasteiger partial charge in [-0.3, -0.25) is 0 Å². The van der Waals surface area contributed by atoms with Crippen molar-refractivity contribution < 1.29 is 8.42 Å². The first-order valence-corrected chi connectivity index (χ1v) is 15.3. The molecule has 1 atom stereocenters. The van der Waals surface area contributed by atoms with Crippen LogP contribution in [-0.2, 0) is 21.8 Å². The molecule has 0 aliphatic carbocycles. The van der Waals surface area contributed by atoms with Crippen molar-refractivity contribution >= 4 is 49.5 Å². The van der Waals surface area contributed by atoms with Crippen molar-refractivity contribution in [2.75, 3.05) is 5.75 Å². The predicted octanol–water partition coefficient (Wildman–Crippen LogP) is 4.48. The molecule has 0 saturated carbocycles. The molecule has 0 spiro atoms. The van der Waals surface area contributed by atoms with Crippen LogP contribution in [0.4, 0.5) is 0 Å². The lowest BCUT2D eigenvalue weighted by atomic mass is 10.2. The van der Waals surface area contributed by atoms with Crippen molar-refractivity contribution in [1.29, 1.82) is 0 Å². The molecule has 170 valence electrons. The van der Waals surface area contributed by atoms with Crippen LogP contribution in [-0.4, -0.2) is 28.6 Å². The van der Waals surface area contributed by atoms with Gasteiger partial charge in [0, 0.05) is 11.7 Å². The van der Waals surface area contributed by atoms with Crippen LogP contribution in [0.2, 0.25) is 0 Å². The SMILES string of the molecule is O=S(=O)(C[C@@H](c1ccccc1)P(=S)(c1ccccc1)c1ccccc1)n1nnc2ccccc21. The highest BCUT2D eigenvalue weighted by atomic mass is 32.4. The van der Waals surface area contributed by atoms with E-state index in [4.69, 9.17) is 11.8 Å². The summed E-state index contributed by atoms with van der Waals surface area (Å²) in [7, 11) is -3.89. The van der Waals surface area contributed by atoms with Gasteiger partial charge < -0.3 is 0 Å². The maximum atomic E-state index is 13.8. The van der Waals surface area contributed by atoms with E-state index in [1.807, 2.05) is 97.1 Å². The number of aromatic nitrogens is 3.